The third-order valence-corrected chi connectivity index (χ3v) is 1.08. The molecule has 0 amide bonds. The molecule has 50 valence electrons. The van der Waals surface area contributed by atoms with E-state index in [9.17, 15) is 0 Å². The van der Waals surface area contributed by atoms with Crippen molar-refractivity contribution in [1.29, 1.82) is 0 Å². The van der Waals surface area contributed by atoms with Crippen molar-refractivity contribution < 1.29 is 4.84 Å². The lowest BCUT2D eigenvalue weighted by atomic mass is 10.4. The summed E-state index contributed by atoms with van der Waals surface area (Å²) in [5.74, 6) is 0. The van der Waals surface area contributed by atoms with Crippen molar-refractivity contribution in [3.63, 3.8) is 0 Å². The van der Waals surface area contributed by atoms with Crippen molar-refractivity contribution >= 4 is 0 Å². The van der Waals surface area contributed by atoms with Crippen LogP contribution in [0.2, 0.25) is 0 Å². The van der Waals surface area contributed by atoms with E-state index in [0.717, 1.165) is 13.0 Å². The van der Waals surface area contributed by atoms with Gasteiger partial charge in [-0.3, -0.25) is 0 Å². The van der Waals surface area contributed by atoms with Gasteiger partial charge in [0, 0.05) is 6.20 Å². The lowest BCUT2D eigenvalue weighted by molar-refractivity contribution is -0.0591. The highest BCUT2D eigenvalue weighted by Crippen LogP contribution is 1.99. The van der Waals surface area contributed by atoms with Gasteiger partial charge in [-0.2, -0.15) is 0 Å². The van der Waals surface area contributed by atoms with Gasteiger partial charge in [0.1, 0.15) is 6.26 Å². The normalized spacial score (nSPS) is 15.9. The Morgan fingerprint density at radius 3 is 2.89 bits per heavy atom. The van der Waals surface area contributed by atoms with Crippen molar-refractivity contribution in [3.05, 3.63) is 24.6 Å². The molecule has 0 aromatic heterocycles. The summed E-state index contributed by atoms with van der Waals surface area (Å²) in [4.78, 5) is 5.08. The van der Waals surface area contributed by atoms with Gasteiger partial charge in [-0.25, -0.2) is 5.06 Å². The van der Waals surface area contributed by atoms with Crippen molar-refractivity contribution in [3.8, 4) is 0 Å². The molecule has 0 aliphatic carbocycles. The molecule has 0 saturated carbocycles. The minimum atomic E-state index is 0.959. The molecule has 1 aliphatic heterocycles. The van der Waals surface area contributed by atoms with Gasteiger partial charge >= 0.3 is 0 Å². The molecule has 0 bridgehead atoms. The Morgan fingerprint density at radius 1 is 1.44 bits per heavy atom. The zero-order valence-corrected chi connectivity index (χ0v) is 5.58. The van der Waals surface area contributed by atoms with Crippen molar-refractivity contribution in [1.82, 2.24) is 5.06 Å². The van der Waals surface area contributed by atoms with Crippen LogP contribution in [0.4, 0.5) is 0 Å². The molecule has 0 fully saturated rings. The first-order chi connectivity index (χ1) is 4.43. The first kappa shape index (κ1) is 6.20. The Kier molecular flexibility index (Phi) is 2.19. The predicted octanol–water partition coefficient (Wildman–Crippen LogP) is 1.67. The van der Waals surface area contributed by atoms with Crippen molar-refractivity contribution in [2.24, 2.45) is 0 Å². The third-order valence-electron chi connectivity index (χ3n) is 1.08. The fourth-order valence-corrected chi connectivity index (χ4v) is 0.687. The molecule has 1 heterocycles. The number of hydrogen-bond acceptors (Lipinski definition) is 2. The van der Waals surface area contributed by atoms with Crippen LogP contribution in [0.3, 0.4) is 0 Å². The fourth-order valence-electron chi connectivity index (χ4n) is 0.687. The van der Waals surface area contributed by atoms with Gasteiger partial charge in [0.25, 0.3) is 0 Å². The Bertz CT molecular complexity index is 129. The Labute approximate surface area is 55.4 Å². The van der Waals surface area contributed by atoms with Crippen LogP contribution in [0.25, 0.3) is 0 Å². The minimum absolute atomic E-state index is 0.959. The van der Waals surface area contributed by atoms with Gasteiger partial charge in [-0.05, 0) is 18.6 Å². The largest absolute Gasteiger partial charge is 0.388 e. The zero-order chi connectivity index (χ0) is 6.53. The summed E-state index contributed by atoms with van der Waals surface area (Å²) < 4.78 is 0. The molecule has 0 saturated heterocycles. The van der Waals surface area contributed by atoms with Crippen molar-refractivity contribution in [2.45, 2.75) is 13.3 Å². The average Bonchev–Trinajstić information content (AvgIpc) is 1.91. The van der Waals surface area contributed by atoms with Crippen LogP contribution in [-0.4, -0.2) is 11.6 Å². The summed E-state index contributed by atoms with van der Waals surface area (Å²) >= 11 is 0. The number of nitrogens with zero attached hydrogens (tertiary/aromatic N) is 1. The first-order valence-electron chi connectivity index (χ1n) is 3.20. The lowest BCUT2D eigenvalue weighted by Gasteiger charge is -2.18. The molecule has 0 aromatic carbocycles. The molecule has 0 unspecified atom stereocenters. The number of hydrogen-bond donors (Lipinski definition) is 0. The molecule has 0 radical (unpaired) electrons. The molecule has 0 spiro atoms. The van der Waals surface area contributed by atoms with E-state index in [4.69, 9.17) is 4.84 Å². The molecule has 0 aromatic rings. The van der Waals surface area contributed by atoms with E-state index in [0.29, 0.717) is 0 Å². The molecule has 2 nitrogen and oxygen atoms in total. The average molecular weight is 125 g/mol. The highest BCUT2D eigenvalue weighted by molar-refractivity contribution is 5.01. The van der Waals surface area contributed by atoms with Crippen LogP contribution in [0, 0.1) is 0 Å². The smallest absolute Gasteiger partial charge is 0.119 e. The highest BCUT2D eigenvalue weighted by atomic mass is 16.7. The van der Waals surface area contributed by atoms with Gasteiger partial charge in [0.15, 0.2) is 0 Å². The standard InChI is InChI=1S/C7H11NO/c1-2-5-8-6-3-4-7-9-8/h3-4,6-7H,2,5H2,1H3. The second-order valence-electron chi connectivity index (χ2n) is 1.92. The van der Waals surface area contributed by atoms with Gasteiger partial charge in [-0.15, -0.1) is 0 Å². The molecule has 1 rings (SSSR count). The lowest BCUT2D eigenvalue weighted by Crippen LogP contribution is -2.16. The molecular formula is C7H11NO. The molecule has 0 atom stereocenters. The topological polar surface area (TPSA) is 12.5 Å². The number of rotatable bonds is 2. The van der Waals surface area contributed by atoms with Crippen LogP contribution >= 0.6 is 0 Å². The Hall–Kier alpha value is -0.920. The summed E-state index contributed by atoms with van der Waals surface area (Å²) in [6, 6.07) is 0. The molecule has 1 aliphatic rings. The van der Waals surface area contributed by atoms with Crippen LogP contribution in [0.5, 0.6) is 0 Å². The minimum Gasteiger partial charge on any atom is -0.388 e. The Morgan fingerprint density at radius 2 is 2.33 bits per heavy atom. The van der Waals surface area contributed by atoms with E-state index < -0.39 is 0 Å². The van der Waals surface area contributed by atoms with Gasteiger partial charge in [0.2, 0.25) is 0 Å². The van der Waals surface area contributed by atoms with E-state index in [-0.39, 0.29) is 0 Å². The van der Waals surface area contributed by atoms with Crippen molar-refractivity contribution in [2.75, 3.05) is 6.54 Å². The molecule has 9 heavy (non-hydrogen) atoms. The maximum atomic E-state index is 5.08. The van der Waals surface area contributed by atoms with E-state index >= 15 is 0 Å². The second kappa shape index (κ2) is 3.17. The Balaban J connectivity index is 2.28. The van der Waals surface area contributed by atoms with Gasteiger partial charge in [-0.1, -0.05) is 6.92 Å². The summed E-state index contributed by atoms with van der Waals surface area (Å²) in [6.45, 7) is 3.08. The quantitative estimate of drug-likeness (QED) is 0.556. The second-order valence-corrected chi connectivity index (χ2v) is 1.92. The van der Waals surface area contributed by atoms with Gasteiger partial charge in [0.05, 0.1) is 6.54 Å². The van der Waals surface area contributed by atoms with E-state index in [1.54, 1.807) is 11.3 Å². The SMILES string of the molecule is CCCN1C=CC=CO1. The first-order valence-corrected chi connectivity index (χ1v) is 3.20. The summed E-state index contributed by atoms with van der Waals surface area (Å²) in [7, 11) is 0. The third kappa shape index (κ3) is 1.80. The van der Waals surface area contributed by atoms with E-state index in [1.165, 1.54) is 0 Å². The highest BCUT2D eigenvalue weighted by Gasteiger charge is 1.95. The molecule has 0 N–H and O–H groups in total. The monoisotopic (exact) mass is 125 g/mol. The summed E-state index contributed by atoms with van der Waals surface area (Å²) in [5, 5.41) is 1.81. The van der Waals surface area contributed by atoms with Crippen LogP contribution in [-0.2, 0) is 4.84 Å². The maximum Gasteiger partial charge on any atom is 0.119 e. The predicted molar refractivity (Wildman–Crippen MR) is 36.4 cm³/mol. The summed E-state index contributed by atoms with van der Waals surface area (Å²) in [6.07, 6.45) is 8.53. The van der Waals surface area contributed by atoms with Gasteiger partial charge < -0.3 is 4.84 Å². The summed E-state index contributed by atoms with van der Waals surface area (Å²) in [5.41, 5.74) is 0. The van der Waals surface area contributed by atoms with E-state index in [2.05, 4.69) is 6.92 Å². The molecular weight excluding hydrogens is 114 g/mol. The zero-order valence-electron chi connectivity index (χ0n) is 5.58. The van der Waals surface area contributed by atoms with E-state index in [1.807, 2.05) is 18.4 Å². The van der Waals surface area contributed by atoms with Crippen LogP contribution in [0.1, 0.15) is 13.3 Å². The van der Waals surface area contributed by atoms with Crippen LogP contribution < -0.4 is 0 Å². The number of allylic oxidation sites excluding steroid dienone is 2. The molecule has 2 heteroatoms. The fraction of sp³-hybridized carbons (Fsp3) is 0.429. The maximum absolute atomic E-state index is 5.08. The number of hydroxylamine groups is 2. The van der Waals surface area contributed by atoms with Crippen LogP contribution in [0.15, 0.2) is 24.6 Å².